The van der Waals surface area contributed by atoms with E-state index in [-0.39, 0.29) is 5.69 Å². The summed E-state index contributed by atoms with van der Waals surface area (Å²) >= 11 is 0. The van der Waals surface area contributed by atoms with Crippen molar-refractivity contribution in [3.63, 3.8) is 0 Å². The highest BCUT2D eigenvalue weighted by Crippen LogP contribution is 2.26. The lowest BCUT2D eigenvalue weighted by molar-refractivity contribution is 0.0996. The number of carbonyl (C=O) groups is 1. The number of hydrogen-bond donors (Lipinski definition) is 3. The van der Waals surface area contributed by atoms with Crippen LogP contribution >= 0.6 is 0 Å². The molecule has 0 unspecified atom stereocenters. The molecule has 1 aliphatic rings. The smallest absolute Gasteiger partial charge is 0.271 e. The highest BCUT2D eigenvalue weighted by Gasteiger charge is 2.17. The van der Waals surface area contributed by atoms with Crippen molar-refractivity contribution in [2.24, 2.45) is 5.73 Å². The van der Waals surface area contributed by atoms with E-state index in [2.05, 4.69) is 25.6 Å². The minimum Gasteiger partial charge on any atom is -0.445 e. The molecule has 8 heteroatoms. The molecular formula is C20H22N6O2. The number of oxazole rings is 1. The Bertz CT molecular complexity index is 951. The molecule has 4 N–H and O–H groups in total. The van der Waals surface area contributed by atoms with Crippen molar-refractivity contribution in [3.05, 3.63) is 48.6 Å². The number of amides is 1. The number of benzene rings is 1. The second kappa shape index (κ2) is 8.08. The molecule has 0 radical (unpaired) electrons. The Morgan fingerprint density at radius 3 is 2.79 bits per heavy atom. The zero-order valence-corrected chi connectivity index (χ0v) is 15.4. The summed E-state index contributed by atoms with van der Waals surface area (Å²) in [5.41, 5.74) is 7.11. The number of anilines is 3. The molecule has 8 nitrogen and oxygen atoms in total. The summed E-state index contributed by atoms with van der Waals surface area (Å²) in [4.78, 5) is 24.7. The number of hydrogen-bond acceptors (Lipinski definition) is 7. The first-order valence-corrected chi connectivity index (χ1v) is 9.39. The molecule has 2 heterocycles. The van der Waals surface area contributed by atoms with Crippen LogP contribution in [-0.2, 0) is 0 Å². The van der Waals surface area contributed by atoms with Gasteiger partial charge in [0.15, 0.2) is 11.5 Å². The minimum atomic E-state index is -0.636. The molecule has 0 atom stereocenters. The van der Waals surface area contributed by atoms with Gasteiger partial charge in [-0.15, -0.1) is 0 Å². The molecule has 1 fully saturated rings. The van der Waals surface area contributed by atoms with Crippen molar-refractivity contribution in [2.45, 2.75) is 38.1 Å². The van der Waals surface area contributed by atoms with Crippen LogP contribution in [0, 0.1) is 0 Å². The average Bonchev–Trinajstić information content (AvgIpc) is 3.24. The molecule has 144 valence electrons. The molecule has 1 aliphatic carbocycles. The summed E-state index contributed by atoms with van der Waals surface area (Å²) in [6, 6.07) is 7.85. The molecule has 0 aliphatic heterocycles. The van der Waals surface area contributed by atoms with E-state index in [0.717, 1.165) is 24.1 Å². The molecular weight excluding hydrogens is 356 g/mol. The highest BCUT2D eigenvalue weighted by atomic mass is 16.3. The lowest BCUT2D eigenvalue weighted by Crippen LogP contribution is -2.24. The van der Waals surface area contributed by atoms with Crippen LogP contribution in [0.2, 0.25) is 0 Å². The molecule has 1 aromatic carbocycles. The third-order valence-electron chi connectivity index (χ3n) is 4.77. The largest absolute Gasteiger partial charge is 0.445 e. The summed E-state index contributed by atoms with van der Waals surface area (Å²) in [7, 11) is 0. The molecule has 0 saturated heterocycles. The Balaban J connectivity index is 1.59. The fraction of sp³-hybridized carbons (Fsp3) is 0.300. The van der Waals surface area contributed by atoms with Gasteiger partial charge in [0, 0.05) is 17.3 Å². The van der Waals surface area contributed by atoms with E-state index in [1.165, 1.54) is 25.5 Å². The Hall–Kier alpha value is -3.42. The maximum Gasteiger partial charge on any atom is 0.271 e. The number of nitrogens with one attached hydrogen (secondary N) is 2. The van der Waals surface area contributed by atoms with Crippen LogP contribution < -0.4 is 16.4 Å². The Kier molecular flexibility index (Phi) is 5.18. The van der Waals surface area contributed by atoms with Gasteiger partial charge in [0.2, 0.25) is 5.89 Å². The maximum absolute atomic E-state index is 11.8. The van der Waals surface area contributed by atoms with Crippen LogP contribution in [0.3, 0.4) is 0 Å². The standard InChI is InChI=1S/C20H22N6O2/c21-18(27)17-19(26-16(12-23-17)24-14-6-2-1-3-7-14)25-15-8-4-5-13(11-15)20-22-9-10-28-20/h4-5,8-12,14H,1-3,6-7H2,(H2,21,27)(H2,24,25,26). The van der Waals surface area contributed by atoms with Gasteiger partial charge in [-0.3, -0.25) is 4.79 Å². The van der Waals surface area contributed by atoms with Gasteiger partial charge in [-0.2, -0.15) is 0 Å². The third kappa shape index (κ3) is 4.11. The van der Waals surface area contributed by atoms with Crippen LogP contribution in [0.25, 0.3) is 11.5 Å². The summed E-state index contributed by atoms with van der Waals surface area (Å²) in [6.07, 6.45) is 10.6. The van der Waals surface area contributed by atoms with Gasteiger partial charge in [0.05, 0.1) is 12.4 Å². The predicted molar refractivity (Wildman–Crippen MR) is 106 cm³/mol. The number of primary amides is 1. The minimum absolute atomic E-state index is 0.0933. The van der Waals surface area contributed by atoms with E-state index in [1.54, 1.807) is 12.4 Å². The van der Waals surface area contributed by atoms with Crippen LogP contribution in [0.15, 0.2) is 47.3 Å². The zero-order valence-electron chi connectivity index (χ0n) is 15.4. The van der Waals surface area contributed by atoms with Crippen LogP contribution in [0.4, 0.5) is 17.3 Å². The van der Waals surface area contributed by atoms with Gasteiger partial charge in [0.25, 0.3) is 5.91 Å². The van der Waals surface area contributed by atoms with E-state index in [4.69, 9.17) is 10.2 Å². The van der Waals surface area contributed by atoms with Gasteiger partial charge < -0.3 is 20.8 Å². The second-order valence-electron chi connectivity index (χ2n) is 6.84. The molecule has 0 spiro atoms. The first-order chi connectivity index (χ1) is 13.7. The van der Waals surface area contributed by atoms with Gasteiger partial charge in [-0.05, 0) is 31.0 Å². The first kappa shape index (κ1) is 18.0. The van der Waals surface area contributed by atoms with Crippen LogP contribution in [-0.4, -0.2) is 26.9 Å². The lowest BCUT2D eigenvalue weighted by atomic mass is 9.96. The second-order valence-corrected chi connectivity index (χ2v) is 6.84. The topological polar surface area (TPSA) is 119 Å². The molecule has 1 amide bonds. The number of carbonyl (C=O) groups excluding carboxylic acids is 1. The molecule has 3 aromatic rings. The van der Waals surface area contributed by atoms with Gasteiger partial charge >= 0.3 is 0 Å². The highest BCUT2D eigenvalue weighted by molar-refractivity contribution is 5.96. The summed E-state index contributed by atoms with van der Waals surface area (Å²) in [5.74, 6) is 0.821. The maximum atomic E-state index is 11.8. The average molecular weight is 378 g/mol. The van der Waals surface area contributed by atoms with E-state index in [9.17, 15) is 4.79 Å². The van der Waals surface area contributed by atoms with Crippen molar-refractivity contribution >= 4 is 23.2 Å². The fourth-order valence-electron chi connectivity index (χ4n) is 3.41. The van der Waals surface area contributed by atoms with E-state index in [0.29, 0.717) is 23.6 Å². The third-order valence-corrected chi connectivity index (χ3v) is 4.77. The fourth-order valence-corrected chi connectivity index (χ4v) is 3.41. The van der Waals surface area contributed by atoms with E-state index >= 15 is 0 Å². The van der Waals surface area contributed by atoms with Crippen LogP contribution in [0.5, 0.6) is 0 Å². The van der Waals surface area contributed by atoms with Crippen molar-refractivity contribution in [2.75, 3.05) is 10.6 Å². The van der Waals surface area contributed by atoms with Gasteiger partial charge in [0.1, 0.15) is 12.1 Å². The lowest BCUT2D eigenvalue weighted by Gasteiger charge is -2.23. The van der Waals surface area contributed by atoms with Crippen molar-refractivity contribution in [1.29, 1.82) is 0 Å². The molecule has 28 heavy (non-hydrogen) atoms. The number of aromatic nitrogens is 3. The van der Waals surface area contributed by atoms with Gasteiger partial charge in [-0.25, -0.2) is 15.0 Å². The Labute approximate surface area is 162 Å². The number of nitrogens with two attached hydrogens (primary N) is 1. The quantitative estimate of drug-likeness (QED) is 0.598. The van der Waals surface area contributed by atoms with E-state index in [1.807, 2.05) is 24.3 Å². The van der Waals surface area contributed by atoms with Crippen molar-refractivity contribution in [1.82, 2.24) is 15.0 Å². The van der Waals surface area contributed by atoms with E-state index < -0.39 is 5.91 Å². The summed E-state index contributed by atoms with van der Waals surface area (Å²) < 4.78 is 5.34. The van der Waals surface area contributed by atoms with Crippen molar-refractivity contribution in [3.8, 4) is 11.5 Å². The zero-order chi connectivity index (χ0) is 19.3. The summed E-state index contributed by atoms with van der Waals surface area (Å²) in [6.45, 7) is 0. The molecule has 1 saturated carbocycles. The SMILES string of the molecule is NC(=O)c1ncc(NC2CCCCC2)nc1Nc1cccc(-c2ncco2)c1. The monoisotopic (exact) mass is 378 g/mol. The normalized spacial score (nSPS) is 14.6. The van der Waals surface area contributed by atoms with Crippen molar-refractivity contribution < 1.29 is 9.21 Å². The first-order valence-electron chi connectivity index (χ1n) is 9.39. The molecule has 4 rings (SSSR count). The molecule has 0 bridgehead atoms. The number of nitrogens with zero attached hydrogens (tertiary/aromatic N) is 3. The Morgan fingerprint density at radius 1 is 1.18 bits per heavy atom. The Morgan fingerprint density at radius 2 is 2.04 bits per heavy atom. The van der Waals surface area contributed by atoms with Crippen LogP contribution in [0.1, 0.15) is 42.6 Å². The van der Waals surface area contributed by atoms with Gasteiger partial charge in [-0.1, -0.05) is 25.3 Å². The molecule has 2 aromatic heterocycles. The predicted octanol–water partition coefficient (Wildman–Crippen LogP) is 3.72. The number of rotatable bonds is 6. The summed E-state index contributed by atoms with van der Waals surface area (Å²) in [5, 5.41) is 6.57.